The van der Waals surface area contributed by atoms with Crippen LogP contribution in [0.2, 0.25) is 15.1 Å². The first-order valence-electron chi connectivity index (χ1n) is 10.5. The van der Waals surface area contributed by atoms with E-state index >= 15 is 0 Å². The second-order valence-corrected chi connectivity index (χ2v) is 8.91. The van der Waals surface area contributed by atoms with Gasteiger partial charge in [0.25, 0.3) is 5.91 Å². The van der Waals surface area contributed by atoms with E-state index in [0.29, 0.717) is 64.7 Å². The van der Waals surface area contributed by atoms with E-state index in [1.807, 2.05) is 17.9 Å². The second-order valence-electron chi connectivity index (χ2n) is 7.63. The number of hydrogen-bond donors (Lipinski definition) is 1. The van der Waals surface area contributed by atoms with Crippen LogP contribution in [0.5, 0.6) is 0 Å². The van der Waals surface area contributed by atoms with Crippen molar-refractivity contribution in [3.8, 4) is 11.3 Å². The Morgan fingerprint density at radius 1 is 0.939 bits per heavy atom. The van der Waals surface area contributed by atoms with Gasteiger partial charge in [-0.2, -0.15) is 0 Å². The van der Waals surface area contributed by atoms with Gasteiger partial charge in [-0.3, -0.25) is 9.59 Å². The van der Waals surface area contributed by atoms with Gasteiger partial charge in [0.05, 0.1) is 16.4 Å². The zero-order valence-electron chi connectivity index (χ0n) is 17.9. The van der Waals surface area contributed by atoms with E-state index in [0.717, 1.165) is 5.69 Å². The molecule has 0 bridgehead atoms. The van der Waals surface area contributed by atoms with E-state index < -0.39 is 5.91 Å². The molecule has 2 amide bonds. The van der Waals surface area contributed by atoms with E-state index in [1.165, 1.54) is 0 Å². The number of halogens is 3. The molecule has 33 heavy (non-hydrogen) atoms. The quantitative estimate of drug-likeness (QED) is 0.446. The minimum Gasteiger partial charge on any atom is -0.451 e. The van der Waals surface area contributed by atoms with Crippen LogP contribution in [-0.4, -0.2) is 42.9 Å². The molecule has 6 nitrogen and oxygen atoms in total. The molecule has 0 atom stereocenters. The van der Waals surface area contributed by atoms with Crippen molar-refractivity contribution in [2.24, 2.45) is 0 Å². The lowest BCUT2D eigenvalue weighted by Gasteiger charge is -2.37. The molecule has 1 saturated heterocycles. The normalized spacial score (nSPS) is 13.8. The summed E-state index contributed by atoms with van der Waals surface area (Å²) >= 11 is 18.4. The Balaban J connectivity index is 1.52. The van der Waals surface area contributed by atoms with Gasteiger partial charge in [-0.05, 0) is 48.5 Å². The first kappa shape index (κ1) is 23.5. The zero-order chi connectivity index (χ0) is 23.5. The molecule has 172 valence electrons. The Hall–Kier alpha value is -2.67. The van der Waals surface area contributed by atoms with Crippen LogP contribution in [0.3, 0.4) is 0 Å². The summed E-state index contributed by atoms with van der Waals surface area (Å²) < 4.78 is 5.76. The first-order chi connectivity index (χ1) is 15.9. The lowest BCUT2D eigenvalue weighted by Crippen LogP contribution is -2.48. The minimum atomic E-state index is -0.408. The summed E-state index contributed by atoms with van der Waals surface area (Å²) in [6, 6.07) is 13.7. The largest absolute Gasteiger partial charge is 0.451 e. The monoisotopic (exact) mass is 505 g/mol. The number of piperazine rings is 1. The molecular formula is C24H22Cl3N3O3. The number of benzene rings is 2. The Labute approximate surface area is 207 Å². The van der Waals surface area contributed by atoms with Crippen molar-refractivity contribution in [2.75, 3.05) is 36.4 Å². The van der Waals surface area contributed by atoms with Crippen molar-refractivity contribution in [3.63, 3.8) is 0 Å². The van der Waals surface area contributed by atoms with Crippen molar-refractivity contribution < 1.29 is 14.0 Å². The Bertz CT molecular complexity index is 1190. The molecule has 0 spiro atoms. The molecule has 0 aliphatic carbocycles. The SMILES string of the molecule is CCC(=O)N1CCN(c2ccc(Cl)cc2NC(=O)c2ccc(-c3ccc(Cl)cc3Cl)o2)CC1. The number of hydrogen-bond acceptors (Lipinski definition) is 4. The number of nitrogens with zero attached hydrogens (tertiary/aromatic N) is 2. The summed E-state index contributed by atoms with van der Waals surface area (Å²) in [7, 11) is 0. The van der Waals surface area contributed by atoms with Gasteiger partial charge in [0.2, 0.25) is 5.91 Å². The number of carbonyl (C=O) groups is 2. The van der Waals surface area contributed by atoms with Gasteiger partial charge in [0, 0.05) is 48.2 Å². The molecule has 1 aliphatic heterocycles. The number of furan rings is 1. The zero-order valence-corrected chi connectivity index (χ0v) is 20.2. The summed E-state index contributed by atoms with van der Waals surface area (Å²) in [6.45, 7) is 4.45. The minimum absolute atomic E-state index is 0.139. The van der Waals surface area contributed by atoms with Gasteiger partial charge in [0.1, 0.15) is 5.76 Å². The highest BCUT2D eigenvalue weighted by atomic mass is 35.5. The molecule has 3 aromatic rings. The molecule has 0 radical (unpaired) electrons. The molecule has 0 unspecified atom stereocenters. The topological polar surface area (TPSA) is 65.8 Å². The first-order valence-corrected chi connectivity index (χ1v) is 11.7. The van der Waals surface area contributed by atoms with Crippen LogP contribution >= 0.6 is 34.8 Å². The molecule has 2 aromatic carbocycles. The highest BCUT2D eigenvalue weighted by Crippen LogP contribution is 2.33. The van der Waals surface area contributed by atoms with Gasteiger partial charge >= 0.3 is 0 Å². The maximum absolute atomic E-state index is 13.0. The third kappa shape index (κ3) is 5.29. The van der Waals surface area contributed by atoms with Crippen LogP contribution in [0, 0.1) is 0 Å². The fraction of sp³-hybridized carbons (Fsp3) is 0.250. The van der Waals surface area contributed by atoms with Gasteiger partial charge < -0.3 is 19.5 Å². The Kier molecular flexibility index (Phi) is 7.17. The summed E-state index contributed by atoms with van der Waals surface area (Å²) in [6.07, 6.45) is 0.495. The van der Waals surface area contributed by atoms with Crippen molar-refractivity contribution in [3.05, 3.63) is 69.4 Å². The lowest BCUT2D eigenvalue weighted by molar-refractivity contribution is -0.131. The summed E-state index contributed by atoms with van der Waals surface area (Å²) in [4.78, 5) is 28.9. The number of rotatable bonds is 5. The van der Waals surface area contributed by atoms with E-state index in [4.69, 9.17) is 39.2 Å². The standard InChI is InChI=1S/C24H22Cl3N3O3/c1-2-23(31)30-11-9-29(10-12-30)20-6-4-16(26)14-19(20)28-24(32)22-8-7-21(33-22)17-5-3-15(25)13-18(17)27/h3-8,13-14H,2,9-12H2,1H3,(H,28,32). The molecule has 2 heterocycles. The van der Waals surface area contributed by atoms with Gasteiger partial charge in [0.15, 0.2) is 5.76 Å². The number of anilines is 2. The third-order valence-corrected chi connectivity index (χ3v) is 6.29. The molecule has 1 N–H and O–H groups in total. The van der Waals surface area contributed by atoms with Crippen LogP contribution in [0.1, 0.15) is 23.9 Å². The average molecular weight is 507 g/mol. The molecule has 1 fully saturated rings. The predicted molar refractivity (Wildman–Crippen MR) is 133 cm³/mol. The molecule has 9 heteroatoms. The van der Waals surface area contributed by atoms with Crippen molar-refractivity contribution in [2.45, 2.75) is 13.3 Å². The van der Waals surface area contributed by atoms with Crippen molar-refractivity contribution in [1.82, 2.24) is 4.90 Å². The fourth-order valence-electron chi connectivity index (χ4n) is 3.78. The van der Waals surface area contributed by atoms with Crippen LogP contribution in [0.4, 0.5) is 11.4 Å². The average Bonchev–Trinajstić information content (AvgIpc) is 3.29. The Morgan fingerprint density at radius 2 is 1.64 bits per heavy atom. The molecule has 4 rings (SSSR count). The van der Waals surface area contributed by atoms with Crippen LogP contribution in [0.25, 0.3) is 11.3 Å². The second kappa shape index (κ2) is 10.1. The highest BCUT2D eigenvalue weighted by molar-refractivity contribution is 6.36. The van der Waals surface area contributed by atoms with E-state index in [-0.39, 0.29) is 11.7 Å². The van der Waals surface area contributed by atoms with E-state index in [1.54, 1.807) is 42.5 Å². The maximum Gasteiger partial charge on any atom is 0.291 e. The van der Waals surface area contributed by atoms with Crippen LogP contribution in [0.15, 0.2) is 52.9 Å². The van der Waals surface area contributed by atoms with E-state index in [9.17, 15) is 9.59 Å². The predicted octanol–water partition coefficient (Wildman–Crippen LogP) is 6.22. The number of nitrogens with one attached hydrogen (secondary N) is 1. The van der Waals surface area contributed by atoms with Gasteiger partial charge in [-0.25, -0.2) is 0 Å². The molecule has 1 aliphatic rings. The van der Waals surface area contributed by atoms with Gasteiger partial charge in [-0.1, -0.05) is 41.7 Å². The molecule has 1 aromatic heterocycles. The molecular weight excluding hydrogens is 485 g/mol. The van der Waals surface area contributed by atoms with Gasteiger partial charge in [-0.15, -0.1) is 0 Å². The molecule has 0 saturated carbocycles. The maximum atomic E-state index is 13.0. The van der Waals surface area contributed by atoms with Crippen LogP contribution < -0.4 is 10.2 Å². The Morgan fingerprint density at radius 3 is 2.33 bits per heavy atom. The fourth-order valence-corrected chi connectivity index (χ4v) is 4.46. The summed E-state index contributed by atoms with van der Waals surface area (Å²) in [5.74, 6) is 0.341. The summed E-state index contributed by atoms with van der Waals surface area (Å²) in [5, 5.41) is 4.35. The number of carbonyl (C=O) groups excluding carboxylic acids is 2. The van der Waals surface area contributed by atoms with Crippen molar-refractivity contribution in [1.29, 1.82) is 0 Å². The smallest absolute Gasteiger partial charge is 0.291 e. The lowest BCUT2D eigenvalue weighted by atomic mass is 10.2. The highest BCUT2D eigenvalue weighted by Gasteiger charge is 2.23. The summed E-state index contributed by atoms with van der Waals surface area (Å²) in [5.41, 5.74) is 2.05. The van der Waals surface area contributed by atoms with Crippen molar-refractivity contribution >= 4 is 58.0 Å². The van der Waals surface area contributed by atoms with Crippen LogP contribution in [-0.2, 0) is 4.79 Å². The number of amides is 2. The van der Waals surface area contributed by atoms with E-state index in [2.05, 4.69) is 10.2 Å². The third-order valence-electron chi connectivity index (χ3n) is 5.51.